The van der Waals surface area contributed by atoms with E-state index in [2.05, 4.69) is 38.3 Å². The Labute approximate surface area is 97.2 Å². The molecule has 84 valence electrons. The molecule has 0 heterocycles. The largest absolute Gasteiger partial charge is 0.492 e. The number of hydrogen-bond acceptors (Lipinski definition) is 2. The first-order chi connectivity index (χ1) is 7.29. The Morgan fingerprint density at radius 3 is 2.73 bits per heavy atom. The maximum atomic E-state index is 5.78. The van der Waals surface area contributed by atoms with Crippen molar-refractivity contribution < 1.29 is 4.74 Å². The van der Waals surface area contributed by atoms with Crippen LogP contribution in [0.5, 0.6) is 5.75 Å². The van der Waals surface area contributed by atoms with Gasteiger partial charge in [0, 0.05) is 5.75 Å². The summed E-state index contributed by atoms with van der Waals surface area (Å²) >= 11 is 1.82. The van der Waals surface area contributed by atoms with E-state index < -0.39 is 0 Å². The van der Waals surface area contributed by atoms with E-state index in [9.17, 15) is 0 Å². The SMILES string of the molecule is CCC(C)c1ccccc1OCCSC. The van der Waals surface area contributed by atoms with E-state index in [0.717, 1.165) is 24.5 Å². The molecule has 0 spiro atoms. The number of benzene rings is 1. The summed E-state index contributed by atoms with van der Waals surface area (Å²) in [6.07, 6.45) is 3.26. The van der Waals surface area contributed by atoms with Gasteiger partial charge in [-0.1, -0.05) is 32.0 Å². The van der Waals surface area contributed by atoms with Crippen LogP contribution in [0.15, 0.2) is 24.3 Å². The van der Waals surface area contributed by atoms with E-state index >= 15 is 0 Å². The van der Waals surface area contributed by atoms with Gasteiger partial charge in [-0.3, -0.25) is 0 Å². The van der Waals surface area contributed by atoms with Crippen LogP contribution in [-0.4, -0.2) is 18.6 Å². The fourth-order valence-corrected chi connectivity index (χ4v) is 1.72. The quantitative estimate of drug-likeness (QED) is 0.677. The molecule has 1 aromatic carbocycles. The van der Waals surface area contributed by atoms with Crippen molar-refractivity contribution in [3.63, 3.8) is 0 Å². The van der Waals surface area contributed by atoms with Gasteiger partial charge in [-0.15, -0.1) is 0 Å². The highest BCUT2D eigenvalue weighted by Crippen LogP contribution is 2.28. The predicted octanol–water partition coefficient (Wildman–Crippen LogP) is 3.94. The van der Waals surface area contributed by atoms with Crippen molar-refractivity contribution in [1.82, 2.24) is 0 Å². The van der Waals surface area contributed by atoms with E-state index in [-0.39, 0.29) is 0 Å². The zero-order valence-electron chi connectivity index (χ0n) is 9.82. The molecule has 0 fully saturated rings. The van der Waals surface area contributed by atoms with Crippen LogP contribution in [0.4, 0.5) is 0 Å². The summed E-state index contributed by atoms with van der Waals surface area (Å²) in [6.45, 7) is 5.26. The molecule has 2 heteroatoms. The van der Waals surface area contributed by atoms with Crippen LogP contribution in [0.2, 0.25) is 0 Å². The molecule has 15 heavy (non-hydrogen) atoms. The summed E-state index contributed by atoms with van der Waals surface area (Å²) in [5.74, 6) is 2.69. The first-order valence-corrected chi connectivity index (χ1v) is 6.89. The standard InChI is InChI=1S/C13H20OS/c1-4-11(2)12-7-5-6-8-13(12)14-9-10-15-3/h5-8,11H,4,9-10H2,1-3H3. The zero-order chi connectivity index (χ0) is 11.1. The first kappa shape index (κ1) is 12.4. The zero-order valence-corrected chi connectivity index (χ0v) is 10.6. The van der Waals surface area contributed by atoms with Gasteiger partial charge in [0.05, 0.1) is 6.61 Å². The van der Waals surface area contributed by atoms with Crippen LogP contribution in [0.3, 0.4) is 0 Å². The summed E-state index contributed by atoms with van der Waals surface area (Å²) in [6, 6.07) is 8.37. The monoisotopic (exact) mass is 224 g/mol. The lowest BCUT2D eigenvalue weighted by Crippen LogP contribution is -2.03. The molecular formula is C13H20OS. The summed E-state index contributed by atoms with van der Waals surface area (Å²) < 4.78 is 5.78. The maximum Gasteiger partial charge on any atom is 0.122 e. The van der Waals surface area contributed by atoms with Gasteiger partial charge in [-0.25, -0.2) is 0 Å². The Balaban J connectivity index is 2.68. The molecular weight excluding hydrogens is 204 g/mol. The van der Waals surface area contributed by atoms with Crippen molar-refractivity contribution in [2.45, 2.75) is 26.2 Å². The van der Waals surface area contributed by atoms with Crippen molar-refractivity contribution in [1.29, 1.82) is 0 Å². The van der Waals surface area contributed by atoms with E-state index in [1.165, 1.54) is 5.56 Å². The highest BCUT2D eigenvalue weighted by Gasteiger charge is 2.08. The molecule has 1 nitrogen and oxygen atoms in total. The first-order valence-electron chi connectivity index (χ1n) is 5.50. The Morgan fingerprint density at radius 2 is 2.07 bits per heavy atom. The fraction of sp³-hybridized carbons (Fsp3) is 0.538. The Hall–Kier alpha value is -0.630. The second-order valence-corrected chi connectivity index (χ2v) is 4.67. The van der Waals surface area contributed by atoms with E-state index in [1.807, 2.05) is 17.8 Å². The van der Waals surface area contributed by atoms with Gasteiger partial charge in [0.25, 0.3) is 0 Å². The lowest BCUT2D eigenvalue weighted by molar-refractivity contribution is 0.338. The maximum absolute atomic E-state index is 5.78. The van der Waals surface area contributed by atoms with Crippen molar-refractivity contribution in [3.05, 3.63) is 29.8 Å². The van der Waals surface area contributed by atoms with Crippen molar-refractivity contribution in [2.24, 2.45) is 0 Å². The van der Waals surface area contributed by atoms with Gasteiger partial charge in [-0.2, -0.15) is 11.8 Å². The normalized spacial score (nSPS) is 12.5. The molecule has 1 aromatic rings. The molecule has 0 radical (unpaired) electrons. The molecule has 0 aliphatic carbocycles. The third-order valence-corrected chi connectivity index (χ3v) is 3.18. The van der Waals surface area contributed by atoms with Gasteiger partial charge in [0.2, 0.25) is 0 Å². The van der Waals surface area contributed by atoms with Crippen molar-refractivity contribution in [3.8, 4) is 5.75 Å². The predicted molar refractivity (Wildman–Crippen MR) is 69.0 cm³/mol. The van der Waals surface area contributed by atoms with Gasteiger partial charge >= 0.3 is 0 Å². The molecule has 0 aromatic heterocycles. The average Bonchev–Trinajstić information content (AvgIpc) is 2.29. The fourth-order valence-electron chi connectivity index (χ4n) is 1.47. The second kappa shape index (κ2) is 6.78. The van der Waals surface area contributed by atoms with Crippen LogP contribution in [0.25, 0.3) is 0 Å². The number of para-hydroxylation sites is 1. The van der Waals surface area contributed by atoms with Crippen LogP contribution < -0.4 is 4.74 Å². The number of hydrogen-bond donors (Lipinski definition) is 0. The molecule has 0 amide bonds. The van der Waals surface area contributed by atoms with Gasteiger partial charge in [0.1, 0.15) is 5.75 Å². The molecule has 1 atom stereocenters. The van der Waals surface area contributed by atoms with Gasteiger partial charge in [0.15, 0.2) is 0 Å². The van der Waals surface area contributed by atoms with E-state index in [4.69, 9.17) is 4.74 Å². The molecule has 0 bridgehead atoms. The van der Waals surface area contributed by atoms with Gasteiger partial charge in [-0.05, 0) is 30.2 Å². The number of thioether (sulfide) groups is 1. The van der Waals surface area contributed by atoms with Crippen LogP contribution >= 0.6 is 11.8 Å². The molecule has 0 aliphatic rings. The minimum Gasteiger partial charge on any atom is -0.492 e. The molecule has 1 rings (SSSR count). The minimum absolute atomic E-state index is 0.579. The lowest BCUT2D eigenvalue weighted by Gasteiger charge is -2.15. The Kier molecular flexibility index (Phi) is 5.62. The summed E-state index contributed by atoms with van der Waals surface area (Å²) in [5.41, 5.74) is 1.33. The summed E-state index contributed by atoms with van der Waals surface area (Å²) in [4.78, 5) is 0. The van der Waals surface area contributed by atoms with Crippen LogP contribution in [0.1, 0.15) is 31.7 Å². The highest BCUT2D eigenvalue weighted by molar-refractivity contribution is 7.98. The van der Waals surface area contributed by atoms with Gasteiger partial charge < -0.3 is 4.74 Å². The molecule has 1 unspecified atom stereocenters. The third kappa shape index (κ3) is 3.78. The smallest absolute Gasteiger partial charge is 0.122 e. The summed E-state index contributed by atoms with van der Waals surface area (Å²) in [5, 5.41) is 0. The molecule has 0 saturated carbocycles. The third-order valence-electron chi connectivity index (χ3n) is 2.61. The molecule has 0 saturated heterocycles. The van der Waals surface area contributed by atoms with Crippen molar-refractivity contribution >= 4 is 11.8 Å². The highest BCUT2D eigenvalue weighted by atomic mass is 32.2. The number of rotatable bonds is 6. The van der Waals surface area contributed by atoms with E-state index in [1.54, 1.807) is 0 Å². The molecule has 0 N–H and O–H groups in total. The van der Waals surface area contributed by atoms with E-state index in [0.29, 0.717) is 5.92 Å². The molecule has 0 aliphatic heterocycles. The minimum atomic E-state index is 0.579. The average molecular weight is 224 g/mol. The summed E-state index contributed by atoms with van der Waals surface area (Å²) in [7, 11) is 0. The lowest BCUT2D eigenvalue weighted by atomic mass is 9.98. The Morgan fingerprint density at radius 1 is 1.33 bits per heavy atom. The van der Waals surface area contributed by atoms with Crippen molar-refractivity contribution in [2.75, 3.05) is 18.6 Å². The Bertz CT molecular complexity index is 286. The second-order valence-electron chi connectivity index (χ2n) is 3.69. The van der Waals surface area contributed by atoms with Crippen LogP contribution in [-0.2, 0) is 0 Å². The number of ether oxygens (including phenoxy) is 1. The van der Waals surface area contributed by atoms with Crippen LogP contribution in [0, 0.1) is 0 Å². The topological polar surface area (TPSA) is 9.23 Å².